The molecule has 0 saturated carbocycles. The first-order valence-electron chi connectivity index (χ1n) is 7.59. The highest BCUT2D eigenvalue weighted by atomic mass is 79.9. The van der Waals surface area contributed by atoms with Crippen molar-refractivity contribution in [3.05, 3.63) is 70.5 Å². The molecular formula is C19H15BrFNO3. The van der Waals surface area contributed by atoms with Crippen molar-refractivity contribution < 1.29 is 19.0 Å². The first-order chi connectivity index (χ1) is 12.0. The Bertz CT molecular complexity index is 915. The molecule has 25 heavy (non-hydrogen) atoms. The SMILES string of the molecule is O=C(O)CNc1c(OCc2ccccc2)cc2ccc(Br)cc2c1F. The molecule has 3 aromatic carbocycles. The highest BCUT2D eigenvalue weighted by Gasteiger charge is 2.16. The normalized spacial score (nSPS) is 10.6. The highest BCUT2D eigenvalue weighted by molar-refractivity contribution is 9.10. The fourth-order valence-electron chi connectivity index (χ4n) is 2.48. The second-order valence-corrected chi connectivity index (χ2v) is 6.37. The van der Waals surface area contributed by atoms with Crippen molar-refractivity contribution in [3.8, 4) is 5.75 Å². The van der Waals surface area contributed by atoms with Crippen molar-refractivity contribution in [2.45, 2.75) is 6.61 Å². The Morgan fingerprint density at radius 3 is 2.64 bits per heavy atom. The Labute approximate surface area is 152 Å². The van der Waals surface area contributed by atoms with Crippen LogP contribution in [0.15, 0.2) is 59.1 Å². The van der Waals surface area contributed by atoms with Gasteiger partial charge in [-0.2, -0.15) is 0 Å². The molecule has 0 amide bonds. The molecule has 3 rings (SSSR count). The first kappa shape index (κ1) is 17.2. The van der Waals surface area contributed by atoms with Crippen LogP contribution in [0.3, 0.4) is 0 Å². The number of fused-ring (bicyclic) bond motifs is 1. The van der Waals surface area contributed by atoms with Gasteiger partial charge in [-0.25, -0.2) is 4.39 Å². The van der Waals surface area contributed by atoms with Crippen LogP contribution in [0, 0.1) is 5.82 Å². The van der Waals surface area contributed by atoms with E-state index in [1.54, 1.807) is 18.2 Å². The van der Waals surface area contributed by atoms with Crippen LogP contribution in [0.5, 0.6) is 5.75 Å². The predicted octanol–water partition coefficient (Wildman–Crippen LogP) is 4.82. The molecule has 128 valence electrons. The molecular weight excluding hydrogens is 389 g/mol. The summed E-state index contributed by atoms with van der Waals surface area (Å²) in [6.45, 7) is -0.151. The van der Waals surface area contributed by atoms with E-state index >= 15 is 0 Å². The van der Waals surface area contributed by atoms with Crippen LogP contribution in [-0.2, 0) is 11.4 Å². The van der Waals surface area contributed by atoms with Gasteiger partial charge in [-0.05, 0) is 29.1 Å². The zero-order valence-electron chi connectivity index (χ0n) is 13.1. The molecule has 0 fully saturated rings. The smallest absolute Gasteiger partial charge is 0.322 e. The fraction of sp³-hybridized carbons (Fsp3) is 0.105. The van der Waals surface area contributed by atoms with Crippen molar-refractivity contribution in [2.75, 3.05) is 11.9 Å². The molecule has 4 nitrogen and oxygen atoms in total. The van der Waals surface area contributed by atoms with Gasteiger partial charge in [0.05, 0.1) is 0 Å². The highest BCUT2D eigenvalue weighted by Crippen LogP contribution is 2.36. The summed E-state index contributed by atoms with van der Waals surface area (Å²) in [5.74, 6) is -1.34. The minimum atomic E-state index is -1.08. The minimum absolute atomic E-state index is 0.0453. The topological polar surface area (TPSA) is 58.6 Å². The van der Waals surface area contributed by atoms with Gasteiger partial charge in [0.15, 0.2) is 5.82 Å². The van der Waals surface area contributed by atoms with E-state index in [1.165, 1.54) is 0 Å². The van der Waals surface area contributed by atoms with Crippen molar-refractivity contribution in [1.82, 2.24) is 0 Å². The standard InChI is InChI=1S/C19H15BrFNO3/c20-14-7-6-13-8-16(25-11-12-4-2-1-3-5-12)19(22-10-17(23)24)18(21)15(13)9-14/h1-9,22H,10-11H2,(H,23,24). The molecule has 3 aromatic rings. The van der Waals surface area contributed by atoms with Crippen LogP contribution in [0.4, 0.5) is 10.1 Å². The zero-order valence-corrected chi connectivity index (χ0v) is 14.7. The number of carbonyl (C=O) groups is 1. The van der Waals surface area contributed by atoms with E-state index in [1.807, 2.05) is 36.4 Å². The van der Waals surface area contributed by atoms with Crippen molar-refractivity contribution >= 4 is 38.4 Å². The molecule has 0 bridgehead atoms. The molecule has 0 saturated heterocycles. The van der Waals surface area contributed by atoms with Gasteiger partial charge in [-0.15, -0.1) is 0 Å². The second-order valence-electron chi connectivity index (χ2n) is 5.45. The third-order valence-electron chi connectivity index (χ3n) is 3.66. The van der Waals surface area contributed by atoms with Gasteiger partial charge in [0.25, 0.3) is 0 Å². The zero-order chi connectivity index (χ0) is 17.8. The molecule has 0 aliphatic rings. The molecule has 0 radical (unpaired) electrons. The predicted molar refractivity (Wildman–Crippen MR) is 98.5 cm³/mol. The molecule has 0 atom stereocenters. The third-order valence-corrected chi connectivity index (χ3v) is 4.15. The van der Waals surface area contributed by atoms with E-state index < -0.39 is 18.3 Å². The van der Waals surface area contributed by atoms with Crippen LogP contribution in [0.1, 0.15) is 5.56 Å². The Balaban J connectivity index is 1.99. The molecule has 0 unspecified atom stereocenters. The third kappa shape index (κ3) is 4.09. The number of carboxylic acid groups (broad SMARTS) is 1. The summed E-state index contributed by atoms with van der Waals surface area (Å²) in [4.78, 5) is 10.9. The molecule has 0 spiro atoms. The maximum absolute atomic E-state index is 14.9. The molecule has 6 heteroatoms. The summed E-state index contributed by atoms with van der Waals surface area (Å²) in [5, 5.41) is 12.6. The lowest BCUT2D eigenvalue weighted by Crippen LogP contribution is -2.14. The Kier molecular flexibility index (Phi) is 5.19. The van der Waals surface area contributed by atoms with Crippen molar-refractivity contribution in [2.24, 2.45) is 0 Å². The second kappa shape index (κ2) is 7.53. The number of hydrogen-bond donors (Lipinski definition) is 2. The Morgan fingerprint density at radius 1 is 1.16 bits per heavy atom. The van der Waals surface area contributed by atoms with Gasteiger partial charge in [0, 0.05) is 9.86 Å². The monoisotopic (exact) mass is 403 g/mol. The number of benzene rings is 3. The molecule has 2 N–H and O–H groups in total. The van der Waals surface area contributed by atoms with Crippen molar-refractivity contribution in [1.29, 1.82) is 0 Å². The molecule has 0 aromatic heterocycles. The number of aliphatic carboxylic acids is 1. The molecule has 0 heterocycles. The lowest BCUT2D eigenvalue weighted by Gasteiger charge is -2.15. The van der Waals surface area contributed by atoms with Gasteiger partial charge in [-0.1, -0.05) is 52.3 Å². The number of hydrogen-bond acceptors (Lipinski definition) is 3. The van der Waals surface area contributed by atoms with Gasteiger partial charge < -0.3 is 15.2 Å². The van der Waals surface area contributed by atoms with Crippen LogP contribution in [-0.4, -0.2) is 17.6 Å². The average molecular weight is 404 g/mol. The van der Waals surface area contributed by atoms with Crippen LogP contribution >= 0.6 is 15.9 Å². The minimum Gasteiger partial charge on any atom is -0.487 e. The fourth-order valence-corrected chi connectivity index (χ4v) is 2.84. The Morgan fingerprint density at radius 2 is 1.92 bits per heavy atom. The van der Waals surface area contributed by atoms with E-state index in [0.717, 1.165) is 10.0 Å². The van der Waals surface area contributed by atoms with E-state index in [-0.39, 0.29) is 18.0 Å². The number of nitrogens with one attached hydrogen (secondary N) is 1. The maximum atomic E-state index is 14.9. The van der Waals surface area contributed by atoms with Crippen LogP contribution in [0.25, 0.3) is 10.8 Å². The summed E-state index contributed by atoms with van der Waals surface area (Å²) in [6.07, 6.45) is 0. The molecule has 0 aliphatic heterocycles. The van der Waals surface area contributed by atoms with Gasteiger partial charge in [0.2, 0.25) is 0 Å². The Hall–Kier alpha value is -2.60. The summed E-state index contributed by atoms with van der Waals surface area (Å²) < 4.78 is 21.4. The lowest BCUT2D eigenvalue weighted by atomic mass is 10.1. The number of ether oxygens (including phenoxy) is 1. The summed E-state index contributed by atoms with van der Waals surface area (Å²) >= 11 is 3.32. The van der Waals surface area contributed by atoms with Crippen LogP contribution < -0.4 is 10.1 Å². The number of halogens is 2. The largest absolute Gasteiger partial charge is 0.487 e. The number of anilines is 1. The van der Waals surface area contributed by atoms with Crippen molar-refractivity contribution in [3.63, 3.8) is 0 Å². The number of carboxylic acids is 1. The van der Waals surface area contributed by atoms with E-state index in [2.05, 4.69) is 21.2 Å². The van der Waals surface area contributed by atoms with Crippen LogP contribution in [0.2, 0.25) is 0 Å². The van der Waals surface area contributed by atoms with E-state index in [0.29, 0.717) is 10.8 Å². The first-order valence-corrected chi connectivity index (χ1v) is 8.38. The quantitative estimate of drug-likeness (QED) is 0.619. The van der Waals surface area contributed by atoms with E-state index in [4.69, 9.17) is 9.84 Å². The van der Waals surface area contributed by atoms with Gasteiger partial charge in [-0.3, -0.25) is 4.79 Å². The summed E-state index contributed by atoms with van der Waals surface area (Å²) in [6, 6.07) is 16.4. The summed E-state index contributed by atoms with van der Waals surface area (Å²) in [5.41, 5.74) is 0.979. The van der Waals surface area contributed by atoms with E-state index in [9.17, 15) is 9.18 Å². The van der Waals surface area contributed by atoms with Gasteiger partial charge >= 0.3 is 5.97 Å². The van der Waals surface area contributed by atoms with Gasteiger partial charge in [0.1, 0.15) is 24.6 Å². The molecule has 0 aliphatic carbocycles. The summed E-state index contributed by atoms with van der Waals surface area (Å²) in [7, 11) is 0. The number of rotatable bonds is 6. The maximum Gasteiger partial charge on any atom is 0.322 e. The lowest BCUT2D eigenvalue weighted by molar-refractivity contribution is -0.134. The average Bonchev–Trinajstić information content (AvgIpc) is 2.60.